The standard InChI is InChI=1S/C44H35N/c1-3-30-15-7-8-18-34(30)44-29(2)41(39-23-13-14-24-40(39)45-44)32-25-27-33(28-26-32)43-37-21-11-9-19-35(37)42(31-16-5-4-6-17-31)36-20-10-12-22-38(36)43/h3-6,8-14,16-28,37,43H,1,7,15H2,2H3. The molecule has 0 fully saturated rings. The Bertz CT molecular complexity index is 2120. The molecular weight excluding hydrogens is 542 g/mol. The van der Waals surface area contributed by atoms with Crippen LogP contribution in [-0.4, -0.2) is 4.98 Å². The van der Waals surface area contributed by atoms with Crippen LogP contribution in [0.15, 0.2) is 163 Å². The Hall–Kier alpha value is -5.27. The number of allylic oxidation sites excluding steroid dienone is 10. The summed E-state index contributed by atoms with van der Waals surface area (Å²) in [5, 5.41) is 1.19. The summed E-state index contributed by atoms with van der Waals surface area (Å²) in [5.74, 6) is 0.501. The predicted molar refractivity (Wildman–Crippen MR) is 190 cm³/mol. The van der Waals surface area contributed by atoms with Crippen molar-refractivity contribution in [3.8, 4) is 11.1 Å². The van der Waals surface area contributed by atoms with Crippen LogP contribution in [-0.2, 0) is 0 Å². The van der Waals surface area contributed by atoms with Gasteiger partial charge in [-0.2, -0.15) is 0 Å². The molecule has 2 unspecified atom stereocenters. The number of hydrogen-bond acceptors (Lipinski definition) is 1. The topological polar surface area (TPSA) is 12.9 Å². The zero-order valence-electron chi connectivity index (χ0n) is 25.6. The van der Waals surface area contributed by atoms with E-state index in [1.165, 1.54) is 66.6 Å². The lowest BCUT2D eigenvalue weighted by Gasteiger charge is -2.37. The van der Waals surface area contributed by atoms with Gasteiger partial charge in [0, 0.05) is 22.8 Å². The van der Waals surface area contributed by atoms with E-state index in [-0.39, 0.29) is 11.8 Å². The third kappa shape index (κ3) is 4.59. The van der Waals surface area contributed by atoms with E-state index in [1.807, 2.05) is 6.08 Å². The van der Waals surface area contributed by atoms with Crippen LogP contribution in [0.25, 0.3) is 33.2 Å². The summed E-state index contributed by atoms with van der Waals surface area (Å²) in [6, 6.07) is 37.8. The second kappa shape index (κ2) is 11.3. The Morgan fingerprint density at radius 2 is 1.56 bits per heavy atom. The first kappa shape index (κ1) is 27.3. The minimum Gasteiger partial charge on any atom is -0.247 e. The number of pyridine rings is 1. The van der Waals surface area contributed by atoms with Crippen molar-refractivity contribution in [3.63, 3.8) is 0 Å². The Labute approximate surface area is 266 Å². The minimum absolute atomic E-state index is 0.234. The summed E-state index contributed by atoms with van der Waals surface area (Å²) in [6.45, 7) is 6.35. The van der Waals surface area contributed by atoms with E-state index < -0.39 is 0 Å². The maximum Gasteiger partial charge on any atom is 0.0747 e. The zero-order chi connectivity index (χ0) is 30.3. The largest absolute Gasteiger partial charge is 0.247 e. The van der Waals surface area contributed by atoms with Gasteiger partial charge in [-0.1, -0.05) is 146 Å². The van der Waals surface area contributed by atoms with E-state index >= 15 is 0 Å². The van der Waals surface area contributed by atoms with Gasteiger partial charge in [0.15, 0.2) is 0 Å². The van der Waals surface area contributed by atoms with Crippen LogP contribution in [0.4, 0.5) is 0 Å². The van der Waals surface area contributed by atoms with E-state index in [0.29, 0.717) is 0 Å². The molecule has 0 saturated heterocycles. The van der Waals surface area contributed by atoms with Crippen molar-refractivity contribution in [1.82, 2.24) is 4.98 Å². The highest BCUT2D eigenvalue weighted by Gasteiger charge is 2.35. The van der Waals surface area contributed by atoms with Crippen molar-refractivity contribution in [2.45, 2.75) is 25.7 Å². The highest BCUT2D eigenvalue weighted by Crippen LogP contribution is 2.50. The van der Waals surface area contributed by atoms with Gasteiger partial charge in [-0.25, -0.2) is 4.98 Å². The molecule has 216 valence electrons. The maximum atomic E-state index is 5.20. The van der Waals surface area contributed by atoms with Gasteiger partial charge in [0.1, 0.15) is 0 Å². The van der Waals surface area contributed by atoms with Crippen molar-refractivity contribution in [2.75, 3.05) is 0 Å². The fourth-order valence-electron chi connectivity index (χ4n) is 7.68. The van der Waals surface area contributed by atoms with Crippen LogP contribution >= 0.6 is 0 Å². The second-order valence-corrected chi connectivity index (χ2v) is 12.2. The predicted octanol–water partition coefficient (Wildman–Crippen LogP) is 11.2. The van der Waals surface area contributed by atoms with Gasteiger partial charge in [-0.15, -0.1) is 0 Å². The summed E-state index contributed by atoms with van der Waals surface area (Å²) in [5.41, 5.74) is 16.3. The SMILES string of the molecule is C=CC1=C(c2nc3ccccc3c(-c3ccc(C4c5ccccc5C(c5ccccc5)=C5C=CC=CC54)cc3)c2C)C=CCC1. The molecule has 2 atom stereocenters. The van der Waals surface area contributed by atoms with Gasteiger partial charge in [0.05, 0.1) is 11.2 Å². The highest BCUT2D eigenvalue weighted by atomic mass is 14.7. The molecule has 8 rings (SSSR count). The van der Waals surface area contributed by atoms with E-state index in [0.717, 1.165) is 24.1 Å². The molecule has 0 spiro atoms. The summed E-state index contributed by atoms with van der Waals surface area (Å²) in [7, 11) is 0. The highest BCUT2D eigenvalue weighted by molar-refractivity contribution is 5.99. The van der Waals surface area contributed by atoms with E-state index in [9.17, 15) is 0 Å². The van der Waals surface area contributed by atoms with Crippen LogP contribution in [0.3, 0.4) is 0 Å². The molecule has 45 heavy (non-hydrogen) atoms. The molecule has 1 heteroatoms. The van der Waals surface area contributed by atoms with Gasteiger partial charge in [-0.3, -0.25) is 0 Å². The molecule has 0 saturated carbocycles. The van der Waals surface area contributed by atoms with Crippen LogP contribution in [0, 0.1) is 12.8 Å². The van der Waals surface area contributed by atoms with Gasteiger partial charge >= 0.3 is 0 Å². The molecule has 0 radical (unpaired) electrons. The number of aromatic nitrogens is 1. The van der Waals surface area contributed by atoms with Crippen molar-refractivity contribution in [2.24, 2.45) is 5.92 Å². The number of benzene rings is 4. The van der Waals surface area contributed by atoms with E-state index in [1.54, 1.807) is 0 Å². The quantitative estimate of drug-likeness (QED) is 0.202. The summed E-state index contributed by atoms with van der Waals surface area (Å²) < 4.78 is 0. The first-order valence-corrected chi connectivity index (χ1v) is 16.0. The van der Waals surface area contributed by atoms with Gasteiger partial charge in [0.25, 0.3) is 0 Å². The van der Waals surface area contributed by atoms with Crippen molar-refractivity contribution >= 4 is 22.0 Å². The zero-order valence-corrected chi connectivity index (χ0v) is 25.6. The number of nitrogens with zero attached hydrogens (tertiary/aromatic N) is 1. The molecule has 1 heterocycles. The molecule has 0 bridgehead atoms. The normalized spacial score (nSPS) is 18.7. The Kier molecular flexibility index (Phi) is 6.88. The Morgan fingerprint density at radius 1 is 0.778 bits per heavy atom. The van der Waals surface area contributed by atoms with Crippen LogP contribution in [0.1, 0.15) is 52.3 Å². The third-order valence-electron chi connectivity index (χ3n) is 9.75. The first-order chi connectivity index (χ1) is 22.2. The Morgan fingerprint density at radius 3 is 2.40 bits per heavy atom. The summed E-state index contributed by atoms with van der Waals surface area (Å²) in [6.07, 6.45) is 17.7. The molecule has 0 aliphatic heterocycles. The lowest BCUT2D eigenvalue weighted by Crippen LogP contribution is -2.22. The second-order valence-electron chi connectivity index (χ2n) is 12.2. The Balaban J connectivity index is 1.27. The molecule has 5 aromatic rings. The fraction of sp³-hybridized carbons (Fsp3) is 0.114. The number of hydrogen-bond donors (Lipinski definition) is 0. The maximum absolute atomic E-state index is 5.20. The van der Waals surface area contributed by atoms with Crippen molar-refractivity contribution < 1.29 is 0 Å². The minimum atomic E-state index is 0.234. The smallest absolute Gasteiger partial charge is 0.0747 e. The monoisotopic (exact) mass is 577 g/mol. The van der Waals surface area contributed by atoms with Crippen LogP contribution in [0.5, 0.6) is 0 Å². The molecule has 4 aromatic carbocycles. The lowest BCUT2D eigenvalue weighted by molar-refractivity contribution is 0.649. The fourth-order valence-corrected chi connectivity index (χ4v) is 7.68. The molecule has 3 aliphatic rings. The molecular formula is C44H35N. The van der Waals surface area contributed by atoms with Gasteiger partial charge in [0.2, 0.25) is 0 Å². The van der Waals surface area contributed by atoms with Gasteiger partial charge in [-0.05, 0) is 81.5 Å². The van der Waals surface area contributed by atoms with Crippen molar-refractivity contribution in [1.29, 1.82) is 0 Å². The van der Waals surface area contributed by atoms with Crippen LogP contribution in [0.2, 0.25) is 0 Å². The average molecular weight is 578 g/mol. The van der Waals surface area contributed by atoms with E-state index in [2.05, 4.69) is 153 Å². The van der Waals surface area contributed by atoms with Gasteiger partial charge < -0.3 is 0 Å². The lowest BCUT2D eigenvalue weighted by atomic mass is 9.66. The van der Waals surface area contributed by atoms with Crippen LogP contribution < -0.4 is 0 Å². The number of para-hydroxylation sites is 1. The average Bonchev–Trinajstić information content (AvgIpc) is 3.11. The molecule has 0 N–H and O–H groups in total. The van der Waals surface area contributed by atoms with Crippen molar-refractivity contribution in [3.05, 3.63) is 197 Å². The molecule has 1 aromatic heterocycles. The van der Waals surface area contributed by atoms with E-state index in [4.69, 9.17) is 4.98 Å². The summed E-state index contributed by atoms with van der Waals surface area (Å²) in [4.78, 5) is 5.20. The molecule has 1 nitrogen and oxygen atoms in total. The number of fused-ring (bicyclic) bond motifs is 3. The third-order valence-corrected chi connectivity index (χ3v) is 9.75. The molecule has 3 aliphatic carbocycles. The number of rotatable bonds is 5. The first-order valence-electron chi connectivity index (χ1n) is 16.0. The summed E-state index contributed by atoms with van der Waals surface area (Å²) >= 11 is 0. The molecule has 0 amide bonds.